The fourth-order valence-corrected chi connectivity index (χ4v) is 4.06. The molecule has 0 bridgehead atoms. The molecule has 0 unspecified atom stereocenters. The minimum absolute atomic E-state index is 0.0685. The number of likely N-dealkylation sites (tertiary alicyclic amines) is 1. The number of hydrogen-bond acceptors (Lipinski definition) is 3. The van der Waals surface area contributed by atoms with E-state index < -0.39 is 11.8 Å². The molecule has 7 heteroatoms. The van der Waals surface area contributed by atoms with Crippen LogP contribution in [0.25, 0.3) is 0 Å². The molecule has 2 N–H and O–H groups in total. The summed E-state index contributed by atoms with van der Waals surface area (Å²) in [4.78, 5) is 38.0. The van der Waals surface area contributed by atoms with E-state index in [1.165, 1.54) is 5.56 Å². The van der Waals surface area contributed by atoms with Crippen LogP contribution < -0.4 is 10.6 Å². The quantitative estimate of drug-likeness (QED) is 0.761. The normalized spacial score (nSPS) is 16.3. The van der Waals surface area contributed by atoms with Gasteiger partial charge in [-0.15, -0.1) is 0 Å². The first-order chi connectivity index (χ1) is 14.0. The molecule has 0 saturated carbocycles. The summed E-state index contributed by atoms with van der Waals surface area (Å²) >= 11 is 5.93. The molecule has 0 aromatic heterocycles. The second-order valence-corrected chi connectivity index (χ2v) is 8.05. The summed E-state index contributed by atoms with van der Waals surface area (Å²) in [5, 5.41) is 6.13. The largest absolute Gasteiger partial charge is 0.334 e. The van der Waals surface area contributed by atoms with E-state index in [1.54, 1.807) is 23.1 Å². The lowest BCUT2D eigenvalue weighted by atomic mass is 9.90. The molecule has 0 spiro atoms. The van der Waals surface area contributed by atoms with Gasteiger partial charge in [0.15, 0.2) is 0 Å². The molecular formula is C22H22ClN3O3. The third-order valence-corrected chi connectivity index (χ3v) is 5.77. The molecule has 2 aromatic rings. The van der Waals surface area contributed by atoms with Gasteiger partial charge in [-0.2, -0.15) is 0 Å². The van der Waals surface area contributed by atoms with Crippen molar-refractivity contribution in [1.29, 1.82) is 0 Å². The molecule has 6 nitrogen and oxygen atoms in total. The molecule has 4 rings (SSSR count). The van der Waals surface area contributed by atoms with Crippen molar-refractivity contribution in [1.82, 2.24) is 4.90 Å². The third kappa shape index (κ3) is 4.59. The van der Waals surface area contributed by atoms with E-state index in [9.17, 15) is 14.4 Å². The molecule has 0 aliphatic carbocycles. The zero-order valence-electron chi connectivity index (χ0n) is 15.9. The van der Waals surface area contributed by atoms with Gasteiger partial charge in [-0.1, -0.05) is 23.7 Å². The van der Waals surface area contributed by atoms with Crippen LogP contribution in [0.2, 0.25) is 5.02 Å². The van der Waals surface area contributed by atoms with Gasteiger partial charge in [-0.05, 0) is 66.6 Å². The summed E-state index contributed by atoms with van der Waals surface area (Å²) in [7, 11) is 0. The molecule has 3 amide bonds. The van der Waals surface area contributed by atoms with Gasteiger partial charge in [0.25, 0.3) is 0 Å². The van der Waals surface area contributed by atoms with Crippen LogP contribution in [0.5, 0.6) is 0 Å². The minimum atomic E-state index is -0.640. The Morgan fingerprint density at radius 1 is 1.10 bits per heavy atom. The van der Waals surface area contributed by atoms with E-state index in [2.05, 4.69) is 10.6 Å². The predicted octanol–water partition coefficient (Wildman–Crippen LogP) is 3.25. The number of hydrogen-bond donors (Lipinski definition) is 2. The summed E-state index contributed by atoms with van der Waals surface area (Å²) in [6, 6.07) is 13.0. The highest BCUT2D eigenvalue weighted by Crippen LogP contribution is 2.26. The van der Waals surface area contributed by atoms with Gasteiger partial charge in [0.2, 0.25) is 5.91 Å². The van der Waals surface area contributed by atoms with Crippen LogP contribution in [-0.4, -0.2) is 35.7 Å². The number of rotatable bonds is 3. The highest BCUT2D eigenvalue weighted by molar-refractivity contribution is 6.39. The fourth-order valence-electron chi connectivity index (χ4n) is 3.93. The molecule has 29 heavy (non-hydrogen) atoms. The first kappa shape index (κ1) is 19.5. The third-order valence-electron chi connectivity index (χ3n) is 5.52. The average Bonchev–Trinajstić information content (AvgIpc) is 3.09. The van der Waals surface area contributed by atoms with Gasteiger partial charge in [-0.3, -0.25) is 14.4 Å². The predicted molar refractivity (Wildman–Crippen MR) is 112 cm³/mol. The van der Waals surface area contributed by atoms with E-state index in [0.29, 0.717) is 24.7 Å². The number of nitrogens with zero attached hydrogens (tertiary/aromatic N) is 1. The van der Waals surface area contributed by atoms with Gasteiger partial charge in [0.05, 0.1) is 6.42 Å². The monoisotopic (exact) mass is 411 g/mol. The summed E-state index contributed by atoms with van der Waals surface area (Å²) in [6.07, 6.45) is 2.98. The van der Waals surface area contributed by atoms with Crippen molar-refractivity contribution >= 4 is 40.7 Å². The van der Waals surface area contributed by atoms with Crippen LogP contribution in [0.15, 0.2) is 42.5 Å². The number of nitrogens with one attached hydrogen (secondary N) is 2. The first-order valence-corrected chi connectivity index (χ1v) is 10.1. The zero-order valence-corrected chi connectivity index (χ0v) is 16.7. The fraction of sp³-hybridized carbons (Fsp3) is 0.318. The van der Waals surface area contributed by atoms with E-state index in [1.807, 2.05) is 24.3 Å². The number of anilines is 2. The van der Waals surface area contributed by atoms with Crippen LogP contribution in [0.1, 0.15) is 24.0 Å². The van der Waals surface area contributed by atoms with Gasteiger partial charge < -0.3 is 15.5 Å². The number of amides is 3. The summed E-state index contributed by atoms with van der Waals surface area (Å²) in [6.45, 7) is 1.15. The molecule has 150 valence electrons. The lowest BCUT2D eigenvalue weighted by Crippen LogP contribution is -2.44. The maximum Gasteiger partial charge on any atom is 0.313 e. The van der Waals surface area contributed by atoms with Crippen molar-refractivity contribution in [2.24, 2.45) is 5.92 Å². The van der Waals surface area contributed by atoms with E-state index in [-0.39, 0.29) is 12.3 Å². The number of carbonyl (C=O) groups excluding carboxylic acids is 3. The molecular weight excluding hydrogens is 390 g/mol. The standard InChI is InChI=1S/C22H22ClN3O3/c23-17-3-1-14(2-4-17)11-15-7-9-26(10-8-15)22(29)21(28)24-18-5-6-19-16(12-18)13-20(27)25-19/h1-6,12,15H,7-11,13H2,(H,24,28)(H,25,27). The van der Waals surface area contributed by atoms with Crippen molar-refractivity contribution in [3.05, 3.63) is 58.6 Å². The first-order valence-electron chi connectivity index (χ1n) is 9.75. The van der Waals surface area contributed by atoms with Crippen molar-refractivity contribution in [3.8, 4) is 0 Å². The molecule has 2 aliphatic heterocycles. The Labute approximate surface area is 174 Å². The van der Waals surface area contributed by atoms with Crippen LogP contribution >= 0.6 is 11.6 Å². The Balaban J connectivity index is 1.29. The highest BCUT2D eigenvalue weighted by atomic mass is 35.5. The molecule has 1 saturated heterocycles. The molecule has 0 atom stereocenters. The maximum atomic E-state index is 12.5. The van der Waals surface area contributed by atoms with E-state index >= 15 is 0 Å². The summed E-state index contributed by atoms with van der Waals surface area (Å²) in [5.74, 6) is -0.728. The maximum absolute atomic E-state index is 12.5. The Morgan fingerprint density at radius 2 is 1.83 bits per heavy atom. The lowest BCUT2D eigenvalue weighted by molar-refractivity contribution is -0.144. The number of piperidine rings is 1. The van der Waals surface area contributed by atoms with Crippen LogP contribution in [-0.2, 0) is 27.2 Å². The van der Waals surface area contributed by atoms with E-state index in [0.717, 1.165) is 35.5 Å². The topological polar surface area (TPSA) is 78.5 Å². The Morgan fingerprint density at radius 3 is 2.55 bits per heavy atom. The van der Waals surface area contributed by atoms with Crippen LogP contribution in [0, 0.1) is 5.92 Å². The highest BCUT2D eigenvalue weighted by Gasteiger charge is 2.27. The summed E-state index contributed by atoms with van der Waals surface area (Å²) < 4.78 is 0. The molecule has 0 radical (unpaired) electrons. The molecule has 2 aromatic carbocycles. The lowest BCUT2D eigenvalue weighted by Gasteiger charge is -2.31. The van der Waals surface area contributed by atoms with Gasteiger partial charge in [0, 0.05) is 29.5 Å². The van der Waals surface area contributed by atoms with Crippen molar-refractivity contribution in [2.75, 3.05) is 23.7 Å². The Bertz CT molecular complexity index is 950. The smallest absolute Gasteiger partial charge is 0.313 e. The van der Waals surface area contributed by atoms with Crippen molar-refractivity contribution < 1.29 is 14.4 Å². The van der Waals surface area contributed by atoms with Gasteiger partial charge >= 0.3 is 11.8 Å². The van der Waals surface area contributed by atoms with E-state index in [4.69, 9.17) is 11.6 Å². The second kappa shape index (κ2) is 8.25. The molecule has 2 aliphatic rings. The van der Waals surface area contributed by atoms with Crippen LogP contribution in [0.3, 0.4) is 0 Å². The number of carbonyl (C=O) groups is 3. The van der Waals surface area contributed by atoms with Crippen molar-refractivity contribution in [2.45, 2.75) is 25.7 Å². The second-order valence-electron chi connectivity index (χ2n) is 7.62. The Hall–Kier alpha value is -2.86. The average molecular weight is 412 g/mol. The molecule has 1 fully saturated rings. The molecule has 2 heterocycles. The number of benzene rings is 2. The van der Waals surface area contributed by atoms with Crippen molar-refractivity contribution in [3.63, 3.8) is 0 Å². The number of fused-ring (bicyclic) bond motifs is 1. The summed E-state index contributed by atoms with van der Waals surface area (Å²) in [5.41, 5.74) is 3.34. The Kier molecular flexibility index (Phi) is 5.53. The van der Waals surface area contributed by atoms with Crippen LogP contribution in [0.4, 0.5) is 11.4 Å². The number of halogens is 1. The SMILES string of the molecule is O=C1Cc2cc(NC(=O)C(=O)N3CCC(Cc4ccc(Cl)cc4)CC3)ccc2N1. The van der Waals surface area contributed by atoms with Gasteiger partial charge in [0.1, 0.15) is 0 Å². The van der Waals surface area contributed by atoms with Gasteiger partial charge in [-0.25, -0.2) is 0 Å². The zero-order chi connectivity index (χ0) is 20.4. The minimum Gasteiger partial charge on any atom is -0.334 e.